The summed E-state index contributed by atoms with van der Waals surface area (Å²) in [4.78, 5) is 42.5. The van der Waals surface area contributed by atoms with Crippen LogP contribution in [0.3, 0.4) is 0 Å². The maximum absolute atomic E-state index is 13.8. The van der Waals surface area contributed by atoms with E-state index in [0.29, 0.717) is 12.5 Å². The van der Waals surface area contributed by atoms with Crippen LogP contribution in [-0.2, 0) is 25.7 Å². The molecule has 0 aromatic heterocycles. The summed E-state index contributed by atoms with van der Waals surface area (Å²) < 4.78 is 6.52. The number of hydrogen-bond acceptors (Lipinski definition) is 4. The molecule has 2 bridgehead atoms. The average molecular weight is 478 g/mol. The number of nitrogens with zero attached hydrogens (tertiary/aromatic N) is 1. The van der Waals surface area contributed by atoms with Gasteiger partial charge in [0, 0.05) is 19.1 Å². The lowest BCUT2D eigenvalue weighted by Gasteiger charge is -2.34. The molecule has 7 atom stereocenters. The van der Waals surface area contributed by atoms with Gasteiger partial charge in [-0.25, -0.2) is 0 Å². The summed E-state index contributed by atoms with van der Waals surface area (Å²) >= 11 is 0. The Morgan fingerprint density at radius 1 is 1.17 bits per heavy atom. The third-order valence-corrected chi connectivity index (χ3v) is 8.40. The molecule has 7 heteroatoms. The second-order valence-electron chi connectivity index (χ2n) is 10.7. The predicted octanol–water partition coefficient (Wildman–Crippen LogP) is 2.72. The van der Waals surface area contributed by atoms with E-state index in [1.165, 1.54) is 11.3 Å². The van der Waals surface area contributed by atoms with Crippen LogP contribution in [0.5, 0.6) is 0 Å². The van der Waals surface area contributed by atoms with Crippen LogP contribution in [-0.4, -0.2) is 52.5 Å². The first-order valence-electron chi connectivity index (χ1n) is 12.7. The smallest absolute Gasteiger partial charge is 0.246 e. The van der Waals surface area contributed by atoms with Gasteiger partial charge in [-0.3, -0.25) is 14.4 Å². The fourth-order valence-corrected chi connectivity index (χ4v) is 6.65. The quantitative estimate of drug-likeness (QED) is 0.591. The van der Waals surface area contributed by atoms with Crippen LogP contribution >= 0.6 is 0 Å². The number of fused-ring (bicyclic) bond motifs is 1. The van der Waals surface area contributed by atoms with Gasteiger partial charge in [0.2, 0.25) is 17.7 Å². The second-order valence-corrected chi connectivity index (χ2v) is 10.7. The van der Waals surface area contributed by atoms with E-state index in [1.807, 2.05) is 49.4 Å². The van der Waals surface area contributed by atoms with E-state index in [9.17, 15) is 14.4 Å². The highest BCUT2D eigenvalue weighted by Crippen LogP contribution is 2.59. The van der Waals surface area contributed by atoms with Crippen LogP contribution in [0.25, 0.3) is 0 Å². The number of benzene rings is 1. The molecule has 1 aromatic carbocycles. The van der Waals surface area contributed by atoms with Gasteiger partial charge in [0.05, 0.1) is 17.4 Å². The van der Waals surface area contributed by atoms with Crippen molar-refractivity contribution in [2.24, 2.45) is 17.8 Å². The first-order valence-corrected chi connectivity index (χ1v) is 12.7. The normalized spacial score (nSPS) is 37.3. The summed E-state index contributed by atoms with van der Waals surface area (Å²) in [5.41, 5.74) is -1.14. The maximum Gasteiger partial charge on any atom is 0.246 e. The highest BCUT2D eigenvalue weighted by atomic mass is 16.5. The van der Waals surface area contributed by atoms with E-state index >= 15 is 0 Å². The molecule has 3 fully saturated rings. The number of hydrogen-bond donors (Lipinski definition) is 2. The summed E-state index contributed by atoms with van der Waals surface area (Å²) in [5, 5.41) is 6.23. The van der Waals surface area contributed by atoms with E-state index < -0.39 is 29.1 Å². The van der Waals surface area contributed by atoms with Gasteiger partial charge in [-0.15, -0.1) is 6.58 Å². The fraction of sp³-hybridized carbons (Fsp3) is 0.536. The summed E-state index contributed by atoms with van der Waals surface area (Å²) in [6.45, 7) is 8.37. The molecule has 5 rings (SSSR count). The Morgan fingerprint density at radius 3 is 2.63 bits per heavy atom. The van der Waals surface area contributed by atoms with Crippen LogP contribution in [0, 0.1) is 17.8 Å². The lowest BCUT2D eigenvalue weighted by molar-refractivity contribution is -0.144. The molecule has 7 nitrogen and oxygen atoms in total. The molecular formula is C28H35N3O4. The number of amides is 3. The highest BCUT2D eigenvalue weighted by Gasteiger charge is 2.76. The Balaban J connectivity index is 1.42. The fourth-order valence-electron chi connectivity index (χ4n) is 6.65. The topological polar surface area (TPSA) is 87.7 Å². The van der Waals surface area contributed by atoms with Crippen molar-refractivity contribution in [3.05, 3.63) is 60.7 Å². The number of ether oxygens (including phenoxy) is 1. The molecule has 2 N–H and O–H groups in total. The molecule has 186 valence electrons. The Hall–Kier alpha value is -2.93. The predicted molar refractivity (Wildman–Crippen MR) is 132 cm³/mol. The minimum Gasteiger partial charge on any atom is -0.356 e. The lowest BCUT2D eigenvalue weighted by atomic mass is 9.70. The van der Waals surface area contributed by atoms with E-state index in [1.54, 1.807) is 6.08 Å². The zero-order chi connectivity index (χ0) is 24.8. The molecule has 3 amide bonds. The third-order valence-electron chi connectivity index (χ3n) is 8.40. The van der Waals surface area contributed by atoms with Crippen molar-refractivity contribution in [3.63, 3.8) is 0 Å². The molecule has 1 aliphatic carbocycles. The van der Waals surface area contributed by atoms with Gasteiger partial charge in [-0.2, -0.15) is 0 Å². The van der Waals surface area contributed by atoms with Gasteiger partial charge in [0.25, 0.3) is 0 Å². The van der Waals surface area contributed by atoms with Gasteiger partial charge >= 0.3 is 0 Å². The van der Waals surface area contributed by atoms with Crippen molar-refractivity contribution in [2.45, 2.75) is 69.4 Å². The van der Waals surface area contributed by atoms with Crippen molar-refractivity contribution in [3.8, 4) is 0 Å². The molecule has 2 saturated heterocycles. The van der Waals surface area contributed by atoms with Gasteiger partial charge < -0.3 is 20.3 Å². The number of carbonyl (C=O) groups excluding carboxylic acids is 3. The Morgan fingerprint density at radius 2 is 1.91 bits per heavy atom. The Bertz CT molecular complexity index is 1060. The Kier molecular flexibility index (Phi) is 6.08. The molecule has 3 aliphatic heterocycles. The van der Waals surface area contributed by atoms with Crippen LogP contribution in [0.2, 0.25) is 0 Å². The van der Waals surface area contributed by atoms with Crippen LogP contribution < -0.4 is 10.6 Å². The molecule has 35 heavy (non-hydrogen) atoms. The number of rotatable bonds is 7. The van der Waals surface area contributed by atoms with Crippen LogP contribution in [0.15, 0.2) is 55.1 Å². The highest BCUT2D eigenvalue weighted by molar-refractivity contribution is 6.00. The molecular weight excluding hydrogens is 442 g/mol. The van der Waals surface area contributed by atoms with Gasteiger partial charge in [-0.05, 0) is 31.2 Å². The van der Waals surface area contributed by atoms with Crippen LogP contribution in [0.1, 0.15) is 45.1 Å². The van der Waals surface area contributed by atoms with Crippen molar-refractivity contribution >= 4 is 17.7 Å². The Labute approximate surface area is 207 Å². The van der Waals surface area contributed by atoms with Gasteiger partial charge in [0.1, 0.15) is 11.6 Å². The largest absolute Gasteiger partial charge is 0.356 e. The maximum atomic E-state index is 13.8. The van der Waals surface area contributed by atoms with Crippen molar-refractivity contribution in [1.29, 1.82) is 0 Å². The monoisotopic (exact) mass is 477 g/mol. The molecule has 1 spiro atoms. The van der Waals surface area contributed by atoms with Crippen molar-refractivity contribution in [2.75, 3.05) is 6.54 Å². The molecule has 1 saturated carbocycles. The molecule has 0 unspecified atom stereocenters. The SMILES string of the molecule is C=CCN1C(=O)[C@@H]2[C@H](C(=O)N[C@@H]3CCCC[C@H]3C)[C@@]3(C)C=C[C@@]2(O3)[C@@H]1C(=O)NCc1ccccc1. The zero-order valence-corrected chi connectivity index (χ0v) is 20.5. The van der Waals surface area contributed by atoms with Crippen molar-refractivity contribution < 1.29 is 19.1 Å². The minimum atomic E-state index is -1.17. The lowest BCUT2D eigenvalue weighted by Crippen LogP contribution is -2.54. The average Bonchev–Trinajstić information content (AvgIpc) is 3.41. The molecule has 3 heterocycles. The summed E-state index contributed by atoms with van der Waals surface area (Å²) in [5.74, 6) is -1.70. The van der Waals surface area contributed by atoms with Gasteiger partial charge in [-0.1, -0.05) is 68.3 Å². The standard InChI is InChI=1S/C28H35N3O4/c1-4-16-31-23(25(33)29-17-19-11-6-5-7-12-19)28-15-14-27(3,35-28)21(22(28)26(31)34)24(32)30-20-13-9-8-10-18(20)2/h4-7,11-12,14-15,18,20-23H,1,8-10,13,16-17H2,2-3H3,(H,29,33)(H,30,32)/t18-,20-,21-,22+,23+,27-,28+/m1/s1. The van der Waals surface area contributed by atoms with Gasteiger partial charge in [0.15, 0.2) is 0 Å². The van der Waals surface area contributed by atoms with E-state index in [-0.39, 0.29) is 30.3 Å². The molecule has 0 radical (unpaired) electrons. The zero-order valence-electron chi connectivity index (χ0n) is 20.5. The minimum absolute atomic E-state index is 0.102. The van der Waals surface area contributed by atoms with E-state index in [2.05, 4.69) is 24.1 Å². The van der Waals surface area contributed by atoms with Crippen molar-refractivity contribution in [1.82, 2.24) is 15.5 Å². The summed E-state index contributed by atoms with van der Waals surface area (Å²) in [6, 6.07) is 8.87. The number of carbonyl (C=O) groups is 3. The van der Waals surface area contributed by atoms with E-state index in [0.717, 1.165) is 24.8 Å². The first-order chi connectivity index (χ1) is 16.8. The number of likely N-dealkylation sites (tertiary alicyclic amines) is 1. The summed E-state index contributed by atoms with van der Waals surface area (Å²) in [6.07, 6.45) is 9.65. The van der Waals surface area contributed by atoms with Crippen LogP contribution in [0.4, 0.5) is 0 Å². The second kappa shape index (κ2) is 8.94. The third kappa shape index (κ3) is 3.80. The van der Waals surface area contributed by atoms with E-state index in [4.69, 9.17) is 4.74 Å². The first kappa shape index (κ1) is 23.8. The molecule has 1 aromatic rings. The summed E-state index contributed by atoms with van der Waals surface area (Å²) in [7, 11) is 0. The molecule has 4 aliphatic rings. The number of nitrogens with one attached hydrogen (secondary N) is 2.